The highest BCUT2D eigenvalue weighted by Crippen LogP contribution is 2.31. The van der Waals surface area contributed by atoms with Gasteiger partial charge in [-0.05, 0) is 18.6 Å². The minimum atomic E-state index is -1.01. The van der Waals surface area contributed by atoms with Crippen molar-refractivity contribution in [3.05, 3.63) is 29.8 Å². The largest absolute Gasteiger partial charge is 0.493 e. The van der Waals surface area contributed by atoms with E-state index in [0.29, 0.717) is 36.9 Å². The topological polar surface area (TPSA) is 65.0 Å². The van der Waals surface area contributed by atoms with Crippen LogP contribution < -0.4 is 9.47 Å². The number of benzene rings is 1. The third-order valence-electron chi connectivity index (χ3n) is 2.46. The molecule has 0 unspecified atom stereocenters. The first-order valence-corrected chi connectivity index (χ1v) is 6.47. The first-order chi connectivity index (χ1) is 9.69. The van der Waals surface area contributed by atoms with Crippen LogP contribution in [0.15, 0.2) is 24.3 Å². The molecule has 0 saturated heterocycles. The Morgan fingerprint density at radius 2 is 2.10 bits per heavy atom. The molecule has 0 bridgehead atoms. The Hall–Kier alpha value is -2.01. The molecule has 0 amide bonds. The molecule has 1 N–H and O–H groups in total. The van der Waals surface area contributed by atoms with Crippen LogP contribution in [0, 0.1) is 0 Å². The van der Waals surface area contributed by atoms with Crippen molar-refractivity contribution < 1.29 is 24.1 Å². The van der Waals surface area contributed by atoms with E-state index in [0.717, 1.165) is 12.5 Å². The van der Waals surface area contributed by atoms with Crippen molar-refractivity contribution in [2.24, 2.45) is 0 Å². The van der Waals surface area contributed by atoms with Crippen LogP contribution in [0.4, 0.5) is 0 Å². The summed E-state index contributed by atoms with van der Waals surface area (Å²) in [5.41, 5.74) is 0.655. The van der Waals surface area contributed by atoms with Gasteiger partial charge in [-0.3, -0.25) is 0 Å². The van der Waals surface area contributed by atoms with E-state index >= 15 is 0 Å². The fraction of sp³-hybridized carbons (Fsp3) is 0.400. The number of hydrogen-bond acceptors (Lipinski definition) is 4. The van der Waals surface area contributed by atoms with Gasteiger partial charge in [0, 0.05) is 18.2 Å². The lowest BCUT2D eigenvalue weighted by atomic mass is 10.1. The van der Waals surface area contributed by atoms with E-state index in [1.54, 1.807) is 25.3 Å². The van der Waals surface area contributed by atoms with Crippen molar-refractivity contribution in [3.63, 3.8) is 0 Å². The second-order valence-corrected chi connectivity index (χ2v) is 4.01. The van der Waals surface area contributed by atoms with Gasteiger partial charge in [0.25, 0.3) is 0 Å². The second-order valence-electron chi connectivity index (χ2n) is 4.01. The average molecular weight is 280 g/mol. The number of para-hydroxylation sites is 1. The predicted molar refractivity (Wildman–Crippen MR) is 76.3 cm³/mol. The van der Waals surface area contributed by atoms with Crippen LogP contribution >= 0.6 is 0 Å². The molecule has 0 aliphatic carbocycles. The third kappa shape index (κ3) is 5.32. The van der Waals surface area contributed by atoms with Crippen LogP contribution in [-0.2, 0) is 9.53 Å². The SMILES string of the molecule is CCCOCCOc1c(/C=C/C(=O)O)cccc1OC. The maximum atomic E-state index is 10.6. The first-order valence-electron chi connectivity index (χ1n) is 6.47. The second kappa shape index (κ2) is 8.98. The maximum Gasteiger partial charge on any atom is 0.328 e. The van der Waals surface area contributed by atoms with Crippen molar-refractivity contribution in [1.29, 1.82) is 0 Å². The summed E-state index contributed by atoms with van der Waals surface area (Å²) in [6.07, 6.45) is 3.50. The van der Waals surface area contributed by atoms with Gasteiger partial charge in [0.1, 0.15) is 6.61 Å². The molecular weight excluding hydrogens is 260 g/mol. The van der Waals surface area contributed by atoms with Gasteiger partial charge in [-0.15, -0.1) is 0 Å². The van der Waals surface area contributed by atoms with Gasteiger partial charge >= 0.3 is 5.97 Å². The Balaban J connectivity index is 2.76. The van der Waals surface area contributed by atoms with E-state index in [2.05, 4.69) is 0 Å². The van der Waals surface area contributed by atoms with Gasteiger partial charge in [0.05, 0.1) is 13.7 Å². The summed E-state index contributed by atoms with van der Waals surface area (Å²) in [7, 11) is 1.54. The molecule has 0 radical (unpaired) electrons. The van der Waals surface area contributed by atoms with E-state index in [1.165, 1.54) is 6.08 Å². The van der Waals surface area contributed by atoms with Crippen molar-refractivity contribution in [2.75, 3.05) is 26.9 Å². The fourth-order valence-electron chi connectivity index (χ4n) is 1.59. The number of hydrogen-bond donors (Lipinski definition) is 1. The van der Waals surface area contributed by atoms with Crippen LogP contribution in [0.2, 0.25) is 0 Å². The Morgan fingerprint density at radius 1 is 1.30 bits per heavy atom. The normalized spacial score (nSPS) is 10.7. The van der Waals surface area contributed by atoms with E-state index in [-0.39, 0.29) is 0 Å². The van der Waals surface area contributed by atoms with Gasteiger partial charge in [0.2, 0.25) is 0 Å². The zero-order chi connectivity index (χ0) is 14.8. The summed E-state index contributed by atoms with van der Waals surface area (Å²) in [5, 5.41) is 8.69. The fourth-order valence-corrected chi connectivity index (χ4v) is 1.59. The number of carbonyl (C=O) groups is 1. The van der Waals surface area contributed by atoms with Crippen molar-refractivity contribution in [2.45, 2.75) is 13.3 Å². The summed E-state index contributed by atoms with van der Waals surface area (Å²) in [6, 6.07) is 5.31. The standard InChI is InChI=1S/C15H20O5/c1-3-9-19-10-11-20-15-12(7-8-14(16)17)5-4-6-13(15)18-2/h4-8H,3,9-11H2,1-2H3,(H,16,17)/b8-7+. The molecule has 0 aliphatic rings. The van der Waals surface area contributed by atoms with Crippen LogP contribution in [0.1, 0.15) is 18.9 Å². The van der Waals surface area contributed by atoms with Crippen LogP contribution in [0.25, 0.3) is 6.08 Å². The maximum absolute atomic E-state index is 10.6. The molecule has 0 aromatic heterocycles. The highest BCUT2D eigenvalue weighted by molar-refractivity contribution is 5.86. The van der Waals surface area contributed by atoms with E-state index in [4.69, 9.17) is 19.3 Å². The Bertz CT molecular complexity index is 454. The zero-order valence-corrected chi connectivity index (χ0v) is 11.8. The van der Waals surface area contributed by atoms with Gasteiger partial charge in [-0.2, -0.15) is 0 Å². The summed E-state index contributed by atoms with van der Waals surface area (Å²) >= 11 is 0. The minimum Gasteiger partial charge on any atom is -0.493 e. The summed E-state index contributed by atoms with van der Waals surface area (Å²) < 4.78 is 16.2. The number of methoxy groups -OCH3 is 1. The number of carboxylic acids is 1. The molecule has 0 spiro atoms. The van der Waals surface area contributed by atoms with Gasteiger partial charge < -0.3 is 19.3 Å². The number of carboxylic acid groups (broad SMARTS) is 1. The molecule has 1 aromatic rings. The van der Waals surface area contributed by atoms with Gasteiger partial charge in [0.15, 0.2) is 11.5 Å². The van der Waals surface area contributed by atoms with E-state index in [9.17, 15) is 4.79 Å². The molecule has 0 aliphatic heterocycles. The van der Waals surface area contributed by atoms with Gasteiger partial charge in [-0.25, -0.2) is 4.79 Å². The lowest BCUT2D eigenvalue weighted by Crippen LogP contribution is -2.08. The lowest BCUT2D eigenvalue weighted by molar-refractivity contribution is -0.131. The molecule has 0 heterocycles. The summed E-state index contributed by atoms with van der Waals surface area (Å²) in [6.45, 7) is 3.60. The highest BCUT2D eigenvalue weighted by Gasteiger charge is 2.08. The number of ether oxygens (including phenoxy) is 3. The number of aliphatic carboxylic acids is 1. The molecule has 0 saturated carbocycles. The average Bonchev–Trinajstić information content (AvgIpc) is 2.45. The molecule has 1 aromatic carbocycles. The lowest BCUT2D eigenvalue weighted by Gasteiger charge is -2.13. The molecule has 20 heavy (non-hydrogen) atoms. The predicted octanol–water partition coefficient (Wildman–Crippen LogP) is 2.60. The van der Waals surface area contributed by atoms with Crippen LogP contribution in [0.3, 0.4) is 0 Å². The van der Waals surface area contributed by atoms with E-state index < -0.39 is 5.97 Å². The third-order valence-corrected chi connectivity index (χ3v) is 2.46. The molecule has 110 valence electrons. The van der Waals surface area contributed by atoms with Gasteiger partial charge in [-0.1, -0.05) is 19.1 Å². The smallest absolute Gasteiger partial charge is 0.328 e. The Kier molecular flexibility index (Phi) is 7.21. The quantitative estimate of drug-likeness (QED) is 0.556. The minimum absolute atomic E-state index is 0.383. The van der Waals surface area contributed by atoms with Crippen molar-refractivity contribution >= 4 is 12.0 Å². The summed E-state index contributed by atoms with van der Waals surface area (Å²) in [4.78, 5) is 10.6. The molecule has 5 heteroatoms. The van der Waals surface area contributed by atoms with Crippen molar-refractivity contribution in [3.8, 4) is 11.5 Å². The molecule has 5 nitrogen and oxygen atoms in total. The van der Waals surface area contributed by atoms with E-state index in [1.807, 2.05) is 6.92 Å². The highest BCUT2D eigenvalue weighted by atomic mass is 16.5. The molecule has 0 atom stereocenters. The molecule has 1 rings (SSSR count). The van der Waals surface area contributed by atoms with Crippen LogP contribution in [-0.4, -0.2) is 38.0 Å². The summed E-state index contributed by atoms with van der Waals surface area (Å²) in [5.74, 6) is 0.0747. The monoisotopic (exact) mass is 280 g/mol. The molecular formula is C15H20O5. The van der Waals surface area contributed by atoms with Crippen molar-refractivity contribution in [1.82, 2.24) is 0 Å². The van der Waals surface area contributed by atoms with Crippen LogP contribution in [0.5, 0.6) is 11.5 Å². The molecule has 0 fully saturated rings. The number of rotatable bonds is 9. The Labute approximate surface area is 118 Å². The Morgan fingerprint density at radius 3 is 2.75 bits per heavy atom. The zero-order valence-electron chi connectivity index (χ0n) is 11.8. The first kappa shape index (κ1) is 16.0.